The molecular formula is C12H17N5O4. The number of hydrogen-bond acceptors (Lipinski definition) is 5. The van der Waals surface area contributed by atoms with E-state index in [0.29, 0.717) is 26.3 Å². The molecule has 0 aliphatic carbocycles. The summed E-state index contributed by atoms with van der Waals surface area (Å²) in [6.45, 7) is 4.14. The number of carbonyl (C=O) groups excluding carboxylic acids is 1. The SMILES string of the molecule is CC1(NC(=O)N2CC(n3cc(C(=O)O)nn3)C2)CCOC1. The first-order valence-corrected chi connectivity index (χ1v) is 6.77. The number of aromatic carboxylic acids is 1. The molecule has 114 valence electrons. The molecule has 2 fully saturated rings. The first-order valence-electron chi connectivity index (χ1n) is 6.77. The highest BCUT2D eigenvalue weighted by Gasteiger charge is 2.37. The number of nitrogens with one attached hydrogen (secondary N) is 1. The van der Waals surface area contributed by atoms with Crippen LogP contribution in [0.25, 0.3) is 0 Å². The van der Waals surface area contributed by atoms with Crippen LogP contribution in [0.2, 0.25) is 0 Å². The third-order valence-electron chi connectivity index (χ3n) is 3.88. The van der Waals surface area contributed by atoms with Crippen LogP contribution in [0, 0.1) is 0 Å². The van der Waals surface area contributed by atoms with Gasteiger partial charge in [0, 0.05) is 19.7 Å². The molecule has 2 amide bonds. The van der Waals surface area contributed by atoms with Gasteiger partial charge in [0.15, 0.2) is 5.69 Å². The Hall–Kier alpha value is -2.16. The fourth-order valence-corrected chi connectivity index (χ4v) is 2.44. The zero-order valence-corrected chi connectivity index (χ0v) is 11.7. The maximum atomic E-state index is 12.1. The Kier molecular flexibility index (Phi) is 3.28. The van der Waals surface area contributed by atoms with Gasteiger partial charge in [-0.25, -0.2) is 14.3 Å². The number of carboxylic acids is 1. The van der Waals surface area contributed by atoms with Gasteiger partial charge in [-0.05, 0) is 13.3 Å². The molecule has 2 N–H and O–H groups in total. The van der Waals surface area contributed by atoms with Crippen LogP contribution in [0.3, 0.4) is 0 Å². The summed E-state index contributed by atoms with van der Waals surface area (Å²) < 4.78 is 6.79. The van der Waals surface area contributed by atoms with Crippen LogP contribution in [0.4, 0.5) is 4.79 Å². The van der Waals surface area contributed by atoms with E-state index in [9.17, 15) is 9.59 Å². The smallest absolute Gasteiger partial charge is 0.358 e. The summed E-state index contributed by atoms with van der Waals surface area (Å²) in [5, 5.41) is 19.1. The van der Waals surface area contributed by atoms with Gasteiger partial charge < -0.3 is 20.1 Å². The minimum atomic E-state index is -1.11. The van der Waals surface area contributed by atoms with Crippen molar-refractivity contribution in [3.63, 3.8) is 0 Å². The standard InChI is InChI=1S/C12H17N5O4/c1-12(2-3-21-7-12)13-11(20)16-4-8(5-16)17-6-9(10(18)19)14-15-17/h6,8H,2-5,7H2,1H3,(H,13,20)(H,18,19). The number of amides is 2. The number of ether oxygens (including phenoxy) is 1. The normalized spacial score (nSPS) is 25.7. The van der Waals surface area contributed by atoms with Gasteiger partial charge in [-0.15, -0.1) is 5.10 Å². The van der Waals surface area contributed by atoms with Gasteiger partial charge in [-0.3, -0.25) is 0 Å². The van der Waals surface area contributed by atoms with Crippen LogP contribution in [0.5, 0.6) is 0 Å². The number of hydrogen-bond donors (Lipinski definition) is 2. The van der Waals surface area contributed by atoms with E-state index in [4.69, 9.17) is 9.84 Å². The van der Waals surface area contributed by atoms with E-state index in [0.717, 1.165) is 6.42 Å². The quantitative estimate of drug-likeness (QED) is 0.794. The second-order valence-corrected chi connectivity index (χ2v) is 5.74. The van der Waals surface area contributed by atoms with Crippen molar-refractivity contribution >= 4 is 12.0 Å². The Labute approximate surface area is 120 Å². The van der Waals surface area contributed by atoms with Crippen molar-refractivity contribution in [3.8, 4) is 0 Å². The third kappa shape index (κ3) is 2.68. The average molecular weight is 295 g/mol. The summed E-state index contributed by atoms with van der Waals surface area (Å²) >= 11 is 0. The van der Waals surface area contributed by atoms with Gasteiger partial charge in [0.1, 0.15) is 0 Å². The number of rotatable bonds is 3. The molecule has 1 aromatic heterocycles. The van der Waals surface area contributed by atoms with Crippen molar-refractivity contribution in [2.75, 3.05) is 26.3 Å². The van der Waals surface area contributed by atoms with Crippen LogP contribution in [0.1, 0.15) is 29.9 Å². The molecule has 0 spiro atoms. The lowest BCUT2D eigenvalue weighted by atomic mass is 10.0. The zero-order valence-electron chi connectivity index (χ0n) is 11.7. The molecule has 2 aliphatic rings. The Morgan fingerprint density at radius 1 is 1.52 bits per heavy atom. The van der Waals surface area contributed by atoms with E-state index in [1.807, 2.05) is 6.92 Å². The molecule has 0 bridgehead atoms. The van der Waals surface area contributed by atoms with Crippen LogP contribution in [-0.4, -0.2) is 68.8 Å². The Morgan fingerprint density at radius 2 is 2.29 bits per heavy atom. The molecule has 1 unspecified atom stereocenters. The number of urea groups is 1. The molecule has 1 atom stereocenters. The van der Waals surface area contributed by atoms with Crippen molar-refractivity contribution in [3.05, 3.63) is 11.9 Å². The highest BCUT2D eigenvalue weighted by molar-refractivity contribution is 5.84. The number of likely N-dealkylation sites (tertiary alicyclic amines) is 1. The molecule has 0 radical (unpaired) electrons. The number of carbonyl (C=O) groups is 2. The second kappa shape index (κ2) is 4.99. The van der Waals surface area contributed by atoms with Gasteiger partial charge in [-0.1, -0.05) is 5.21 Å². The highest BCUT2D eigenvalue weighted by atomic mass is 16.5. The number of nitrogens with zero attached hydrogens (tertiary/aromatic N) is 4. The molecule has 9 nitrogen and oxygen atoms in total. The lowest BCUT2D eigenvalue weighted by Crippen LogP contribution is -2.59. The van der Waals surface area contributed by atoms with Crippen molar-refractivity contribution in [2.24, 2.45) is 0 Å². The molecule has 0 aromatic carbocycles. The summed E-state index contributed by atoms with van der Waals surface area (Å²) in [5.74, 6) is -1.11. The van der Waals surface area contributed by atoms with Gasteiger partial charge in [0.2, 0.25) is 0 Å². The van der Waals surface area contributed by atoms with Crippen LogP contribution in [-0.2, 0) is 4.74 Å². The van der Waals surface area contributed by atoms with Crippen LogP contribution >= 0.6 is 0 Å². The highest BCUT2D eigenvalue weighted by Crippen LogP contribution is 2.23. The topological polar surface area (TPSA) is 110 Å². The van der Waals surface area contributed by atoms with Gasteiger partial charge in [-0.2, -0.15) is 0 Å². The monoisotopic (exact) mass is 295 g/mol. The van der Waals surface area contributed by atoms with Crippen molar-refractivity contribution < 1.29 is 19.4 Å². The van der Waals surface area contributed by atoms with Crippen LogP contribution < -0.4 is 5.32 Å². The van der Waals surface area contributed by atoms with E-state index >= 15 is 0 Å². The molecule has 9 heteroatoms. The summed E-state index contributed by atoms with van der Waals surface area (Å²) in [6, 6.07) is -0.151. The predicted molar refractivity (Wildman–Crippen MR) is 70.0 cm³/mol. The van der Waals surface area contributed by atoms with E-state index in [1.54, 1.807) is 4.90 Å². The summed E-state index contributed by atoms with van der Waals surface area (Å²) in [6.07, 6.45) is 2.19. The molecule has 2 aliphatic heterocycles. The second-order valence-electron chi connectivity index (χ2n) is 5.74. The average Bonchev–Trinajstić information content (AvgIpc) is 2.96. The predicted octanol–water partition coefficient (Wildman–Crippen LogP) is -0.278. The van der Waals surface area contributed by atoms with E-state index in [2.05, 4.69) is 15.6 Å². The van der Waals surface area contributed by atoms with Crippen molar-refractivity contribution in [2.45, 2.75) is 24.9 Å². The third-order valence-corrected chi connectivity index (χ3v) is 3.88. The summed E-state index contributed by atoms with van der Waals surface area (Å²) in [5.41, 5.74) is -0.389. The molecule has 0 saturated carbocycles. The first kappa shape index (κ1) is 13.8. The minimum Gasteiger partial charge on any atom is -0.476 e. The van der Waals surface area contributed by atoms with Gasteiger partial charge in [0.25, 0.3) is 0 Å². The summed E-state index contributed by atoms with van der Waals surface area (Å²) in [4.78, 5) is 24.5. The van der Waals surface area contributed by atoms with Crippen molar-refractivity contribution in [1.29, 1.82) is 0 Å². The lowest BCUT2D eigenvalue weighted by Gasteiger charge is -2.40. The molecular weight excluding hydrogens is 278 g/mol. The minimum absolute atomic E-state index is 0.0241. The Balaban J connectivity index is 1.52. The maximum Gasteiger partial charge on any atom is 0.358 e. The molecule has 3 heterocycles. The maximum absolute atomic E-state index is 12.1. The fourth-order valence-electron chi connectivity index (χ4n) is 2.44. The molecule has 1 aromatic rings. The largest absolute Gasteiger partial charge is 0.476 e. The fraction of sp³-hybridized carbons (Fsp3) is 0.667. The van der Waals surface area contributed by atoms with Gasteiger partial charge >= 0.3 is 12.0 Å². The van der Waals surface area contributed by atoms with E-state index < -0.39 is 5.97 Å². The number of carboxylic acid groups (broad SMARTS) is 1. The first-order chi connectivity index (χ1) is 9.97. The number of aromatic nitrogens is 3. The van der Waals surface area contributed by atoms with Crippen LogP contribution in [0.15, 0.2) is 6.20 Å². The van der Waals surface area contributed by atoms with Crippen molar-refractivity contribution in [1.82, 2.24) is 25.2 Å². The summed E-state index contributed by atoms with van der Waals surface area (Å²) in [7, 11) is 0. The van der Waals surface area contributed by atoms with E-state index in [-0.39, 0.29) is 23.3 Å². The zero-order chi connectivity index (χ0) is 15.0. The lowest BCUT2D eigenvalue weighted by molar-refractivity contribution is 0.0690. The van der Waals surface area contributed by atoms with Gasteiger partial charge in [0.05, 0.1) is 24.4 Å². The molecule has 2 saturated heterocycles. The van der Waals surface area contributed by atoms with E-state index in [1.165, 1.54) is 10.9 Å². The Bertz CT molecular complexity index is 560. The molecule has 21 heavy (non-hydrogen) atoms. The molecule has 3 rings (SSSR count). The Morgan fingerprint density at radius 3 is 2.86 bits per heavy atom.